The Bertz CT molecular complexity index is 570. The molecule has 2 nitrogen and oxygen atoms in total. The molecule has 2 rings (SSSR count). The van der Waals surface area contributed by atoms with Crippen molar-refractivity contribution in [2.75, 3.05) is 11.2 Å². The molecule has 1 heterocycles. The molecule has 2 aromatic rings. The fourth-order valence-corrected chi connectivity index (χ4v) is 3.30. The number of benzene rings is 1. The van der Waals surface area contributed by atoms with Crippen molar-refractivity contribution in [3.63, 3.8) is 0 Å². The van der Waals surface area contributed by atoms with Crippen LogP contribution in [-0.2, 0) is 6.42 Å². The second-order valence-corrected chi connectivity index (χ2v) is 6.19. The zero-order chi connectivity index (χ0) is 13.7. The summed E-state index contributed by atoms with van der Waals surface area (Å²) in [4.78, 5) is 12.8. The normalized spacial score (nSPS) is 10.4. The van der Waals surface area contributed by atoms with E-state index in [1.807, 2.05) is 35.7 Å². The van der Waals surface area contributed by atoms with Gasteiger partial charge in [-0.1, -0.05) is 12.1 Å². The number of anilines is 1. The first-order valence-electron chi connectivity index (χ1n) is 5.90. The van der Waals surface area contributed by atoms with E-state index in [1.165, 1.54) is 16.9 Å². The number of hydrogen-bond acceptors (Lipinski definition) is 2. The highest BCUT2D eigenvalue weighted by molar-refractivity contribution is 9.10. The van der Waals surface area contributed by atoms with Crippen LogP contribution in [0.3, 0.4) is 0 Å². The van der Waals surface area contributed by atoms with Gasteiger partial charge in [-0.25, -0.2) is 0 Å². The topological polar surface area (TPSA) is 29.1 Å². The lowest BCUT2D eigenvalue weighted by atomic mass is 10.1. The van der Waals surface area contributed by atoms with Crippen molar-refractivity contribution < 1.29 is 4.79 Å². The molecule has 0 aliphatic carbocycles. The van der Waals surface area contributed by atoms with Crippen molar-refractivity contribution in [2.45, 2.75) is 12.8 Å². The van der Waals surface area contributed by atoms with Gasteiger partial charge in [0.25, 0.3) is 5.91 Å². The summed E-state index contributed by atoms with van der Waals surface area (Å²) in [5.74, 6) is 0.565. The molecule has 1 amide bonds. The molecular formula is C14H13BrClNOS. The van der Waals surface area contributed by atoms with E-state index in [0.29, 0.717) is 10.8 Å². The van der Waals surface area contributed by atoms with Gasteiger partial charge in [-0.3, -0.25) is 4.79 Å². The third kappa shape index (κ3) is 4.06. The lowest BCUT2D eigenvalue weighted by molar-refractivity contribution is 0.103. The Balaban J connectivity index is 2.07. The molecule has 0 aliphatic rings. The third-order valence-corrected chi connectivity index (χ3v) is 4.71. The number of rotatable bonds is 5. The maximum atomic E-state index is 12.1. The van der Waals surface area contributed by atoms with E-state index in [1.54, 1.807) is 0 Å². The molecule has 1 aromatic heterocycles. The highest BCUT2D eigenvalue weighted by Crippen LogP contribution is 2.24. The van der Waals surface area contributed by atoms with Crippen molar-refractivity contribution in [1.29, 1.82) is 0 Å². The van der Waals surface area contributed by atoms with Crippen molar-refractivity contribution in [1.82, 2.24) is 0 Å². The molecule has 0 unspecified atom stereocenters. The first kappa shape index (κ1) is 14.6. The van der Waals surface area contributed by atoms with Crippen LogP contribution < -0.4 is 5.32 Å². The van der Waals surface area contributed by atoms with Crippen LogP contribution in [0.2, 0.25) is 0 Å². The highest BCUT2D eigenvalue weighted by Gasteiger charge is 2.11. The van der Waals surface area contributed by atoms with E-state index in [4.69, 9.17) is 11.6 Å². The Hall–Kier alpha value is -0.840. The molecule has 5 heteroatoms. The van der Waals surface area contributed by atoms with E-state index in [0.717, 1.165) is 23.0 Å². The minimum absolute atomic E-state index is 0.0867. The smallest absolute Gasteiger partial charge is 0.266 e. The summed E-state index contributed by atoms with van der Waals surface area (Å²) in [6.45, 7) is 0. The summed E-state index contributed by atoms with van der Waals surface area (Å²) < 4.78 is 0.827. The van der Waals surface area contributed by atoms with Crippen molar-refractivity contribution in [3.8, 4) is 0 Å². The van der Waals surface area contributed by atoms with E-state index in [-0.39, 0.29) is 5.91 Å². The Morgan fingerprint density at radius 1 is 1.37 bits per heavy atom. The first-order chi connectivity index (χ1) is 9.20. The standard InChI is InChI=1S/C14H13BrClNOS/c15-12-6-8-19-13(12)14(18)17-11-5-1-3-10(9-11)4-2-7-16/h1,3,5-6,8-9H,2,4,7H2,(H,17,18). The molecule has 1 N–H and O–H groups in total. The van der Waals surface area contributed by atoms with Gasteiger partial charge in [-0.05, 0) is 57.9 Å². The second kappa shape index (κ2) is 7.08. The largest absolute Gasteiger partial charge is 0.321 e. The number of hydrogen-bond donors (Lipinski definition) is 1. The molecule has 0 fully saturated rings. The minimum atomic E-state index is -0.0867. The van der Waals surface area contributed by atoms with Gasteiger partial charge in [0.15, 0.2) is 0 Å². The number of aryl methyl sites for hydroxylation is 1. The zero-order valence-electron chi connectivity index (χ0n) is 10.2. The molecule has 1 aromatic carbocycles. The van der Waals surface area contributed by atoms with Gasteiger partial charge in [0.1, 0.15) is 4.88 Å². The Kier molecular flexibility index (Phi) is 5.43. The van der Waals surface area contributed by atoms with Crippen molar-refractivity contribution in [3.05, 3.63) is 50.6 Å². The quantitative estimate of drug-likeness (QED) is 0.754. The molecule has 0 saturated carbocycles. The average molecular weight is 359 g/mol. The monoisotopic (exact) mass is 357 g/mol. The molecule has 0 aliphatic heterocycles. The van der Waals surface area contributed by atoms with E-state index in [2.05, 4.69) is 21.2 Å². The van der Waals surface area contributed by atoms with E-state index in [9.17, 15) is 4.79 Å². The van der Waals surface area contributed by atoms with E-state index >= 15 is 0 Å². The zero-order valence-corrected chi connectivity index (χ0v) is 13.3. The van der Waals surface area contributed by atoms with Gasteiger partial charge in [-0.2, -0.15) is 0 Å². The SMILES string of the molecule is O=C(Nc1cccc(CCCCl)c1)c1sccc1Br. The maximum Gasteiger partial charge on any atom is 0.266 e. The maximum absolute atomic E-state index is 12.1. The van der Waals surface area contributed by atoms with Gasteiger partial charge >= 0.3 is 0 Å². The number of amides is 1. The van der Waals surface area contributed by atoms with Gasteiger partial charge in [0.05, 0.1) is 0 Å². The number of halogens is 2. The molecule has 0 spiro atoms. The fraction of sp³-hybridized carbons (Fsp3) is 0.214. The van der Waals surface area contributed by atoms with Crippen molar-refractivity contribution >= 4 is 50.5 Å². The summed E-state index contributed by atoms with van der Waals surface area (Å²) in [5, 5.41) is 4.80. The molecule has 100 valence electrons. The van der Waals surface area contributed by atoms with Crippen LogP contribution in [-0.4, -0.2) is 11.8 Å². The number of thiophene rings is 1. The predicted octanol–water partition coefficient (Wildman–Crippen LogP) is 4.93. The van der Waals surface area contributed by atoms with Crippen LogP contribution in [0.1, 0.15) is 21.7 Å². The van der Waals surface area contributed by atoms with Gasteiger partial charge < -0.3 is 5.32 Å². The summed E-state index contributed by atoms with van der Waals surface area (Å²) in [5.41, 5.74) is 2.00. The molecule has 0 bridgehead atoms. The average Bonchev–Trinajstić information content (AvgIpc) is 2.83. The number of nitrogens with one attached hydrogen (secondary N) is 1. The highest BCUT2D eigenvalue weighted by atomic mass is 79.9. The Morgan fingerprint density at radius 2 is 2.21 bits per heavy atom. The number of carbonyl (C=O) groups is 1. The number of carbonyl (C=O) groups excluding carboxylic acids is 1. The van der Waals surface area contributed by atoms with Crippen LogP contribution in [0.4, 0.5) is 5.69 Å². The summed E-state index contributed by atoms with van der Waals surface area (Å²) in [6, 6.07) is 9.75. The Labute approximate surface area is 129 Å². The third-order valence-electron chi connectivity index (χ3n) is 2.61. The lowest BCUT2D eigenvalue weighted by Gasteiger charge is -2.06. The molecule has 19 heavy (non-hydrogen) atoms. The summed E-state index contributed by atoms with van der Waals surface area (Å²) in [6.07, 6.45) is 1.87. The summed E-state index contributed by atoms with van der Waals surface area (Å²) >= 11 is 10.5. The Morgan fingerprint density at radius 3 is 2.89 bits per heavy atom. The van der Waals surface area contributed by atoms with Crippen LogP contribution in [0, 0.1) is 0 Å². The molecule has 0 radical (unpaired) electrons. The molecule has 0 atom stereocenters. The van der Waals surface area contributed by atoms with E-state index < -0.39 is 0 Å². The second-order valence-electron chi connectivity index (χ2n) is 4.04. The van der Waals surface area contributed by atoms with Gasteiger partial charge in [0.2, 0.25) is 0 Å². The fourth-order valence-electron chi connectivity index (χ4n) is 1.72. The first-order valence-corrected chi connectivity index (χ1v) is 8.10. The van der Waals surface area contributed by atoms with Crippen LogP contribution in [0.15, 0.2) is 40.2 Å². The summed E-state index contributed by atoms with van der Waals surface area (Å²) in [7, 11) is 0. The van der Waals surface area contributed by atoms with Crippen LogP contribution in [0.5, 0.6) is 0 Å². The molecule has 0 saturated heterocycles. The minimum Gasteiger partial charge on any atom is -0.321 e. The van der Waals surface area contributed by atoms with Gasteiger partial charge in [0, 0.05) is 16.0 Å². The van der Waals surface area contributed by atoms with Crippen LogP contribution >= 0.6 is 38.9 Å². The number of alkyl halides is 1. The molecular weight excluding hydrogens is 346 g/mol. The lowest BCUT2D eigenvalue weighted by Crippen LogP contribution is -2.10. The van der Waals surface area contributed by atoms with Crippen LogP contribution in [0.25, 0.3) is 0 Å². The van der Waals surface area contributed by atoms with Crippen molar-refractivity contribution in [2.24, 2.45) is 0 Å². The predicted molar refractivity (Wildman–Crippen MR) is 85.5 cm³/mol. The van der Waals surface area contributed by atoms with Gasteiger partial charge in [-0.15, -0.1) is 22.9 Å².